The Bertz CT molecular complexity index is 848. The van der Waals surface area contributed by atoms with E-state index >= 15 is 0 Å². The summed E-state index contributed by atoms with van der Waals surface area (Å²) in [6.45, 7) is 3.42. The number of benzene rings is 1. The molecule has 0 unspecified atom stereocenters. The van der Waals surface area contributed by atoms with Crippen molar-refractivity contribution >= 4 is 16.8 Å². The summed E-state index contributed by atoms with van der Waals surface area (Å²) >= 11 is 0. The summed E-state index contributed by atoms with van der Waals surface area (Å²) in [6, 6.07) is 7.75. The maximum Gasteiger partial charge on any atom is 0.261 e. The predicted octanol–water partition coefficient (Wildman–Crippen LogP) is 1.44. The van der Waals surface area contributed by atoms with E-state index in [2.05, 4.69) is 11.9 Å². The number of hydrogen-bond donors (Lipinski definition) is 0. The van der Waals surface area contributed by atoms with E-state index in [0.717, 1.165) is 50.4 Å². The molecule has 0 spiro atoms. The van der Waals surface area contributed by atoms with Crippen molar-refractivity contribution in [3.63, 3.8) is 0 Å². The van der Waals surface area contributed by atoms with Crippen LogP contribution in [0.4, 0.5) is 0 Å². The van der Waals surface area contributed by atoms with Crippen LogP contribution in [0.15, 0.2) is 29.1 Å². The summed E-state index contributed by atoms with van der Waals surface area (Å²) < 4.78 is 1.83. The molecule has 6 nitrogen and oxygen atoms in total. The first kappa shape index (κ1) is 16.3. The molecule has 0 atom stereocenters. The summed E-state index contributed by atoms with van der Waals surface area (Å²) in [5.41, 5.74) is 0.765. The Hall–Kier alpha value is -2.21. The zero-order chi connectivity index (χ0) is 17.4. The average molecular weight is 340 g/mol. The number of rotatable bonds is 4. The summed E-state index contributed by atoms with van der Waals surface area (Å²) in [5.74, 6) is 0.923. The Morgan fingerprint density at radius 2 is 1.88 bits per heavy atom. The van der Waals surface area contributed by atoms with Gasteiger partial charge in [0.1, 0.15) is 5.82 Å². The number of carbonyl (C=O) groups is 1. The van der Waals surface area contributed by atoms with E-state index in [4.69, 9.17) is 4.98 Å². The van der Waals surface area contributed by atoms with Gasteiger partial charge in [-0.3, -0.25) is 14.2 Å². The normalized spacial score (nSPS) is 18.7. The third-order valence-electron chi connectivity index (χ3n) is 5.21. The number of aryl methyl sites for hydroxylation is 1. The fraction of sp³-hybridized carbons (Fsp3) is 0.526. The van der Waals surface area contributed by atoms with E-state index in [9.17, 15) is 9.59 Å². The second kappa shape index (κ2) is 6.59. The van der Waals surface area contributed by atoms with Crippen molar-refractivity contribution in [3.8, 4) is 0 Å². The summed E-state index contributed by atoms with van der Waals surface area (Å²) in [5, 5.41) is 0.670. The molecule has 1 saturated carbocycles. The van der Waals surface area contributed by atoms with Crippen LogP contribution in [-0.4, -0.2) is 58.5 Å². The lowest BCUT2D eigenvalue weighted by Crippen LogP contribution is -2.47. The quantitative estimate of drug-likeness (QED) is 0.845. The number of nitrogens with zero attached hydrogens (tertiary/aromatic N) is 4. The number of piperazine rings is 1. The summed E-state index contributed by atoms with van der Waals surface area (Å²) in [6.07, 6.45) is 3.00. The van der Waals surface area contributed by atoms with Crippen LogP contribution in [0.1, 0.15) is 31.1 Å². The van der Waals surface area contributed by atoms with Crippen molar-refractivity contribution < 1.29 is 4.79 Å². The molecule has 2 aromatic rings. The Morgan fingerprint density at radius 1 is 1.16 bits per heavy atom. The number of fused-ring (bicyclic) bond motifs is 1. The minimum absolute atomic E-state index is 0.0372. The molecule has 4 rings (SSSR count). The molecule has 1 aliphatic heterocycles. The van der Waals surface area contributed by atoms with Gasteiger partial charge in [0.05, 0.1) is 10.9 Å². The van der Waals surface area contributed by atoms with Gasteiger partial charge in [-0.15, -0.1) is 0 Å². The van der Waals surface area contributed by atoms with E-state index in [1.54, 1.807) is 0 Å². The maximum absolute atomic E-state index is 12.8. The number of hydrogen-bond acceptors (Lipinski definition) is 4. The Kier molecular flexibility index (Phi) is 4.29. The van der Waals surface area contributed by atoms with Gasteiger partial charge in [-0.05, 0) is 32.0 Å². The molecule has 1 amide bonds. The van der Waals surface area contributed by atoms with Crippen LogP contribution in [0.5, 0.6) is 0 Å². The number of para-hydroxylation sites is 1. The van der Waals surface area contributed by atoms with Gasteiger partial charge in [-0.2, -0.15) is 0 Å². The molecule has 2 heterocycles. The fourth-order valence-electron chi connectivity index (χ4n) is 3.51. The lowest BCUT2D eigenvalue weighted by Gasteiger charge is -2.32. The standard InChI is InChI=1S/C19H24N4O2/c1-21-10-12-22(13-11-21)18(24)9-8-17-20-16-5-3-2-4-15(16)19(25)23(17)14-6-7-14/h2-5,14H,6-13H2,1H3. The van der Waals surface area contributed by atoms with Gasteiger partial charge in [0.15, 0.2) is 0 Å². The van der Waals surface area contributed by atoms with Crippen molar-refractivity contribution in [2.75, 3.05) is 33.2 Å². The van der Waals surface area contributed by atoms with E-state index < -0.39 is 0 Å². The highest BCUT2D eigenvalue weighted by Crippen LogP contribution is 2.34. The first-order valence-electron chi connectivity index (χ1n) is 9.10. The molecule has 2 aliphatic rings. The second-order valence-electron chi connectivity index (χ2n) is 7.14. The Labute approximate surface area is 147 Å². The highest BCUT2D eigenvalue weighted by atomic mass is 16.2. The van der Waals surface area contributed by atoms with Gasteiger partial charge >= 0.3 is 0 Å². The first-order chi connectivity index (χ1) is 12.1. The monoisotopic (exact) mass is 340 g/mol. The van der Waals surface area contributed by atoms with Crippen LogP contribution in [0, 0.1) is 0 Å². The van der Waals surface area contributed by atoms with Gasteiger partial charge in [-0.1, -0.05) is 12.1 Å². The molecule has 0 bridgehead atoms. The molecule has 1 aromatic carbocycles. The summed E-state index contributed by atoms with van der Waals surface area (Å²) in [7, 11) is 2.08. The maximum atomic E-state index is 12.8. The van der Waals surface area contributed by atoms with Gasteiger partial charge in [0.25, 0.3) is 5.56 Å². The lowest BCUT2D eigenvalue weighted by molar-refractivity contribution is -0.132. The zero-order valence-corrected chi connectivity index (χ0v) is 14.6. The fourth-order valence-corrected chi connectivity index (χ4v) is 3.51. The van der Waals surface area contributed by atoms with E-state index in [0.29, 0.717) is 18.2 Å². The van der Waals surface area contributed by atoms with Crippen LogP contribution in [0.25, 0.3) is 10.9 Å². The minimum Gasteiger partial charge on any atom is -0.340 e. The van der Waals surface area contributed by atoms with Crippen molar-refractivity contribution in [2.45, 2.75) is 31.7 Å². The molecule has 0 radical (unpaired) electrons. The van der Waals surface area contributed by atoms with Crippen LogP contribution in [0.2, 0.25) is 0 Å². The highest BCUT2D eigenvalue weighted by molar-refractivity contribution is 5.78. The third-order valence-corrected chi connectivity index (χ3v) is 5.21. The molecular weight excluding hydrogens is 316 g/mol. The zero-order valence-electron chi connectivity index (χ0n) is 14.6. The lowest BCUT2D eigenvalue weighted by atomic mass is 10.2. The molecule has 6 heteroatoms. The molecular formula is C19H24N4O2. The van der Waals surface area contributed by atoms with Gasteiger partial charge in [0, 0.05) is 45.1 Å². The molecule has 132 valence electrons. The third kappa shape index (κ3) is 3.31. The number of likely N-dealkylation sites (N-methyl/N-ethyl adjacent to an activating group) is 1. The van der Waals surface area contributed by atoms with Crippen LogP contribution in [0.3, 0.4) is 0 Å². The van der Waals surface area contributed by atoms with Crippen molar-refractivity contribution in [2.24, 2.45) is 0 Å². The number of aromatic nitrogens is 2. The number of amides is 1. The first-order valence-corrected chi connectivity index (χ1v) is 9.10. The largest absolute Gasteiger partial charge is 0.340 e. The van der Waals surface area contributed by atoms with Crippen LogP contribution in [-0.2, 0) is 11.2 Å². The number of carbonyl (C=O) groups excluding carboxylic acids is 1. The average Bonchev–Trinajstić information content (AvgIpc) is 3.45. The smallest absolute Gasteiger partial charge is 0.261 e. The van der Waals surface area contributed by atoms with Gasteiger partial charge < -0.3 is 9.80 Å². The van der Waals surface area contributed by atoms with Crippen LogP contribution >= 0.6 is 0 Å². The summed E-state index contributed by atoms with van der Waals surface area (Å²) in [4.78, 5) is 34.2. The topological polar surface area (TPSA) is 58.4 Å². The van der Waals surface area contributed by atoms with E-state index in [1.807, 2.05) is 33.7 Å². The van der Waals surface area contributed by atoms with Crippen molar-refractivity contribution in [3.05, 3.63) is 40.4 Å². The van der Waals surface area contributed by atoms with Gasteiger partial charge in [0.2, 0.25) is 5.91 Å². The molecule has 1 aliphatic carbocycles. The molecule has 1 aromatic heterocycles. The molecule has 2 fully saturated rings. The molecule has 0 N–H and O–H groups in total. The SMILES string of the molecule is CN1CCN(C(=O)CCc2nc3ccccc3c(=O)n2C2CC2)CC1. The van der Waals surface area contributed by atoms with E-state index in [-0.39, 0.29) is 17.5 Å². The Balaban J connectivity index is 1.55. The Morgan fingerprint density at radius 3 is 2.60 bits per heavy atom. The van der Waals surface area contributed by atoms with Crippen molar-refractivity contribution in [1.29, 1.82) is 0 Å². The minimum atomic E-state index is 0.0372. The van der Waals surface area contributed by atoms with Crippen LogP contribution < -0.4 is 5.56 Å². The second-order valence-corrected chi connectivity index (χ2v) is 7.14. The molecule has 25 heavy (non-hydrogen) atoms. The van der Waals surface area contributed by atoms with Gasteiger partial charge in [-0.25, -0.2) is 4.98 Å². The highest BCUT2D eigenvalue weighted by Gasteiger charge is 2.28. The van der Waals surface area contributed by atoms with E-state index in [1.165, 1.54) is 0 Å². The molecule has 1 saturated heterocycles. The van der Waals surface area contributed by atoms with Crippen molar-refractivity contribution in [1.82, 2.24) is 19.4 Å². The predicted molar refractivity (Wildman–Crippen MR) is 96.7 cm³/mol.